The van der Waals surface area contributed by atoms with Gasteiger partial charge in [0.1, 0.15) is 5.82 Å². The monoisotopic (exact) mass is 434 g/mol. The summed E-state index contributed by atoms with van der Waals surface area (Å²) in [7, 11) is -3.53. The van der Waals surface area contributed by atoms with Crippen LogP contribution in [-0.2, 0) is 14.8 Å². The van der Waals surface area contributed by atoms with Crippen LogP contribution in [0.15, 0.2) is 30.3 Å². The highest BCUT2D eigenvalue weighted by Gasteiger charge is 2.23. The number of sulfonamides is 1. The lowest BCUT2D eigenvalue weighted by Gasteiger charge is -2.30. The van der Waals surface area contributed by atoms with Gasteiger partial charge in [0.15, 0.2) is 5.82 Å². The second-order valence-electron chi connectivity index (χ2n) is 7.98. The van der Waals surface area contributed by atoms with E-state index in [1.165, 1.54) is 18.6 Å². The van der Waals surface area contributed by atoms with Crippen LogP contribution in [0, 0.1) is 11.7 Å². The smallest absolute Gasteiger partial charge is 0.234 e. The van der Waals surface area contributed by atoms with Gasteiger partial charge in [0.25, 0.3) is 0 Å². The van der Waals surface area contributed by atoms with Gasteiger partial charge in [-0.3, -0.25) is 4.72 Å². The molecule has 0 saturated carbocycles. The van der Waals surface area contributed by atoms with Crippen LogP contribution >= 0.6 is 0 Å². The third-order valence-corrected chi connectivity index (χ3v) is 7.00. The number of aromatic nitrogens is 2. The molecule has 1 unspecified atom stereocenters. The number of rotatable bonds is 6. The first-order valence-corrected chi connectivity index (χ1v) is 12.1. The average molecular weight is 435 g/mol. The van der Waals surface area contributed by atoms with Gasteiger partial charge in [-0.1, -0.05) is 0 Å². The van der Waals surface area contributed by atoms with Gasteiger partial charge in [-0.15, -0.1) is 10.2 Å². The van der Waals surface area contributed by atoms with E-state index in [-0.39, 0.29) is 23.3 Å². The Morgan fingerprint density at radius 3 is 2.63 bits per heavy atom. The van der Waals surface area contributed by atoms with Crippen molar-refractivity contribution >= 4 is 21.5 Å². The first-order chi connectivity index (χ1) is 14.5. The topological polar surface area (TPSA) is 84.4 Å². The fourth-order valence-electron chi connectivity index (χ4n) is 4.10. The first kappa shape index (κ1) is 21.0. The SMILES string of the molecule is O=S(=O)(CC1CCCOC1)Nc1ccc(-c2ccc(F)cc2N2CCCCC2)nn1. The Hall–Kier alpha value is -2.26. The largest absolute Gasteiger partial charge is 0.381 e. The van der Waals surface area contributed by atoms with E-state index in [9.17, 15) is 12.8 Å². The van der Waals surface area contributed by atoms with Crippen LogP contribution in [0.5, 0.6) is 0 Å². The number of benzene rings is 1. The number of halogens is 1. The molecule has 0 aliphatic carbocycles. The highest BCUT2D eigenvalue weighted by molar-refractivity contribution is 7.92. The van der Waals surface area contributed by atoms with Crippen molar-refractivity contribution in [3.05, 3.63) is 36.1 Å². The summed E-state index contributed by atoms with van der Waals surface area (Å²) in [5.74, 6) is -0.108. The minimum Gasteiger partial charge on any atom is -0.381 e. The summed E-state index contributed by atoms with van der Waals surface area (Å²) < 4.78 is 46.7. The van der Waals surface area contributed by atoms with Crippen molar-refractivity contribution in [2.75, 3.05) is 41.7 Å². The lowest BCUT2D eigenvalue weighted by Crippen LogP contribution is -2.30. The summed E-state index contributed by atoms with van der Waals surface area (Å²) in [5, 5.41) is 8.27. The number of nitrogens with one attached hydrogen (secondary N) is 1. The fraction of sp³-hybridized carbons (Fsp3) is 0.524. The number of anilines is 2. The van der Waals surface area contributed by atoms with Crippen LogP contribution in [0.1, 0.15) is 32.1 Å². The van der Waals surface area contributed by atoms with E-state index < -0.39 is 10.0 Å². The van der Waals surface area contributed by atoms with Crippen molar-refractivity contribution in [3.63, 3.8) is 0 Å². The highest BCUT2D eigenvalue weighted by atomic mass is 32.2. The average Bonchev–Trinajstić information content (AvgIpc) is 2.75. The van der Waals surface area contributed by atoms with Crippen LogP contribution in [0.25, 0.3) is 11.3 Å². The summed E-state index contributed by atoms with van der Waals surface area (Å²) in [5.41, 5.74) is 2.17. The predicted octanol–water partition coefficient (Wildman–Crippen LogP) is 3.44. The number of piperidine rings is 1. The molecule has 30 heavy (non-hydrogen) atoms. The van der Waals surface area contributed by atoms with Crippen LogP contribution in [0.2, 0.25) is 0 Å². The number of hydrogen-bond acceptors (Lipinski definition) is 6. The maximum absolute atomic E-state index is 13.9. The molecule has 0 spiro atoms. The molecule has 9 heteroatoms. The van der Waals surface area contributed by atoms with E-state index in [0.717, 1.165) is 50.0 Å². The van der Waals surface area contributed by atoms with Gasteiger partial charge < -0.3 is 9.64 Å². The molecule has 2 fully saturated rings. The molecule has 3 heterocycles. The van der Waals surface area contributed by atoms with Gasteiger partial charge >= 0.3 is 0 Å². The van der Waals surface area contributed by atoms with Crippen molar-refractivity contribution in [1.82, 2.24) is 10.2 Å². The van der Waals surface area contributed by atoms with Crippen molar-refractivity contribution in [2.45, 2.75) is 32.1 Å². The molecule has 162 valence electrons. The molecule has 0 amide bonds. The lowest BCUT2D eigenvalue weighted by atomic mass is 10.0. The molecule has 4 rings (SSSR count). The van der Waals surface area contributed by atoms with Crippen LogP contribution in [0.3, 0.4) is 0 Å². The zero-order valence-electron chi connectivity index (χ0n) is 16.9. The predicted molar refractivity (Wildman–Crippen MR) is 114 cm³/mol. The second kappa shape index (κ2) is 9.26. The summed E-state index contributed by atoms with van der Waals surface area (Å²) in [6, 6.07) is 7.96. The van der Waals surface area contributed by atoms with Gasteiger partial charge in [0.05, 0.1) is 18.1 Å². The molecule has 1 aromatic carbocycles. The van der Waals surface area contributed by atoms with Gasteiger partial charge in [-0.25, -0.2) is 12.8 Å². The minimum absolute atomic E-state index is 0.00482. The zero-order chi connectivity index (χ0) is 21.0. The molecule has 2 aliphatic rings. The van der Waals surface area contributed by atoms with Crippen LogP contribution in [-0.4, -0.2) is 50.7 Å². The van der Waals surface area contributed by atoms with E-state index >= 15 is 0 Å². The Morgan fingerprint density at radius 1 is 1.10 bits per heavy atom. The van der Waals surface area contributed by atoms with E-state index in [4.69, 9.17) is 4.74 Å². The maximum atomic E-state index is 13.9. The Kier molecular flexibility index (Phi) is 6.48. The van der Waals surface area contributed by atoms with Crippen molar-refractivity contribution < 1.29 is 17.5 Å². The molecule has 0 bridgehead atoms. The molecule has 2 aromatic rings. The summed E-state index contributed by atoms with van der Waals surface area (Å²) in [4.78, 5) is 2.17. The molecule has 1 atom stereocenters. The molecule has 2 aliphatic heterocycles. The normalized spacial score (nSPS) is 20.2. The third-order valence-electron chi connectivity index (χ3n) is 5.57. The Bertz CT molecular complexity index is 957. The summed E-state index contributed by atoms with van der Waals surface area (Å²) >= 11 is 0. The molecular weight excluding hydrogens is 407 g/mol. The first-order valence-electron chi connectivity index (χ1n) is 10.5. The molecule has 2 saturated heterocycles. The van der Waals surface area contributed by atoms with E-state index in [1.807, 2.05) is 0 Å². The van der Waals surface area contributed by atoms with E-state index in [2.05, 4.69) is 19.8 Å². The third kappa shape index (κ3) is 5.26. The Morgan fingerprint density at radius 2 is 1.93 bits per heavy atom. The van der Waals surface area contributed by atoms with Crippen LogP contribution < -0.4 is 9.62 Å². The Labute approximate surface area is 176 Å². The van der Waals surface area contributed by atoms with Gasteiger partial charge in [0.2, 0.25) is 10.0 Å². The maximum Gasteiger partial charge on any atom is 0.234 e. The Balaban J connectivity index is 1.49. The standard InChI is InChI=1S/C21H27FN4O3S/c22-17-6-7-18(20(13-17)26-10-2-1-3-11-26)19-8-9-21(24-23-19)25-30(27,28)15-16-5-4-12-29-14-16/h6-9,13,16H,1-5,10-12,14-15H2,(H,24,25). The van der Waals surface area contributed by atoms with Crippen molar-refractivity contribution in [1.29, 1.82) is 0 Å². The van der Waals surface area contributed by atoms with Crippen molar-refractivity contribution in [2.24, 2.45) is 5.92 Å². The molecule has 1 aromatic heterocycles. The van der Waals surface area contributed by atoms with Crippen molar-refractivity contribution in [3.8, 4) is 11.3 Å². The molecule has 7 nitrogen and oxygen atoms in total. The molecule has 1 N–H and O–H groups in total. The summed E-state index contributed by atoms with van der Waals surface area (Å²) in [6.07, 6.45) is 5.06. The number of ether oxygens (including phenoxy) is 1. The van der Waals surface area contributed by atoms with Crippen LogP contribution in [0.4, 0.5) is 15.9 Å². The van der Waals surface area contributed by atoms with Gasteiger partial charge in [-0.05, 0) is 68.4 Å². The van der Waals surface area contributed by atoms with E-state index in [0.29, 0.717) is 18.9 Å². The molecular formula is C21H27FN4O3S. The summed E-state index contributed by atoms with van der Waals surface area (Å²) in [6.45, 7) is 2.92. The zero-order valence-corrected chi connectivity index (χ0v) is 17.7. The number of nitrogens with zero attached hydrogens (tertiary/aromatic N) is 3. The second-order valence-corrected chi connectivity index (χ2v) is 9.75. The van der Waals surface area contributed by atoms with E-state index in [1.54, 1.807) is 18.2 Å². The highest BCUT2D eigenvalue weighted by Crippen LogP contribution is 2.32. The fourth-order valence-corrected chi connectivity index (χ4v) is 5.49. The molecule has 0 radical (unpaired) electrons. The van der Waals surface area contributed by atoms with Gasteiger partial charge in [0, 0.05) is 30.9 Å². The lowest BCUT2D eigenvalue weighted by molar-refractivity contribution is 0.0626. The quantitative estimate of drug-likeness (QED) is 0.750. The number of hydrogen-bond donors (Lipinski definition) is 1. The minimum atomic E-state index is -3.53. The van der Waals surface area contributed by atoms with Gasteiger partial charge in [-0.2, -0.15) is 0 Å².